The third kappa shape index (κ3) is 4.31. The first-order valence-corrected chi connectivity index (χ1v) is 7.78. The van der Waals surface area contributed by atoms with E-state index in [1.807, 2.05) is 12.1 Å². The van der Waals surface area contributed by atoms with Crippen LogP contribution in [0.5, 0.6) is 0 Å². The highest BCUT2D eigenvalue weighted by atomic mass is 19.1. The molecule has 1 aliphatic rings. The van der Waals surface area contributed by atoms with Crippen LogP contribution in [0.25, 0.3) is 0 Å². The summed E-state index contributed by atoms with van der Waals surface area (Å²) in [6.07, 6.45) is 8.47. The van der Waals surface area contributed by atoms with Crippen molar-refractivity contribution in [3.8, 4) is 0 Å². The van der Waals surface area contributed by atoms with E-state index in [9.17, 15) is 4.39 Å². The zero-order valence-electron chi connectivity index (χ0n) is 12.0. The Kier molecular flexibility index (Phi) is 5.84. The van der Waals surface area contributed by atoms with Crippen LogP contribution in [-0.4, -0.2) is 12.6 Å². The maximum absolute atomic E-state index is 13.8. The molecule has 0 amide bonds. The predicted octanol–water partition coefficient (Wildman–Crippen LogP) is 4.32. The number of benzene rings is 1. The first-order chi connectivity index (χ1) is 9.31. The molecule has 106 valence electrons. The minimum absolute atomic E-state index is 0.0408. The molecule has 1 fully saturated rings. The number of rotatable bonds is 5. The highest BCUT2D eigenvalue weighted by Gasteiger charge is 2.24. The number of nitrogens with one attached hydrogen (secondary N) is 1. The Hall–Kier alpha value is -0.890. The quantitative estimate of drug-likeness (QED) is 0.780. The lowest BCUT2D eigenvalue weighted by Crippen LogP contribution is -2.37. The fraction of sp³-hybridized carbons (Fsp3) is 0.647. The summed E-state index contributed by atoms with van der Waals surface area (Å²) >= 11 is 0. The van der Waals surface area contributed by atoms with Gasteiger partial charge in [0.15, 0.2) is 0 Å². The summed E-state index contributed by atoms with van der Waals surface area (Å²) in [5, 5.41) is 3.68. The van der Waals surface area contributed by atoms with Crippen molar-refractivity contribution in [1.82, 2.24) is 5.32 Å². The molecule has 0 aromatic heterocycles. The van der Waals surface area contributed by atoms with Crippen LogP contribution in [0, 0.1) is 11.7 Å². The molecule has 1 nitrogen and oxygen atoms in total. The van der Waals surface area contributed by atoms with Crippen LogP contribution in [-0.2, 0) is 6.42 Å². The molecule has 1 saturated carbocycles. The maximum atomic E-state index is 13.8. The minimum atomic E-state index is -0.0408. The first-order valence-electron chi connectivity index (χ1n) is 7.78. The molecule has 0 bridgehead atoms. The minimum Gasteiger partial charge on any atom is -0.314 e. The SMILES string of the molecule is CCCNC1CCCCCC1Cc1ccccc1F. The van der Waals surface area contributed by atoms with Gasteiger partial charge in [0, 0.05) is 6.04 Å². The van der Waals surface area contributed by atoms with Gasteiger partial charge in [0.1, 0.15) is 5.82 Å². The molecular weight excluding hydrogens is 237 g/mol. The third-order valence-electron chi connectivity index (χ3n) is 4.26. The highest BCUT2D eigenvalue weighted by Crippen LogP contribution is 2.27. The molecule has 0 spiro atoms. The summed E-state index contributed by atoms with van der Waals surface area (Å²) in [6, 6.07) is 7.82. The van der Waals surface area contributed by atoms with Crippen molar-refractivity contribution in [3.05, 3.63) is 35.6 Å². The van der Waals surface area contributed by atoms with Gasteiger partial charge in [0.05, 0.1) is 0 Å². The normalized spacial score (nSPS) is 24.1. The van der Waals surface area contributed by atoms with E-state index in [1.54, 1.807) is 12.1 Å². The molecule has 2 rings (SSSR count). The van der Waals surface area contributed by atoms with E-state index in [1.165, 1.54) is 38.5 Å². The van der Waals surface area contributed by atoms with Crippen LogP contribution in [0.1, 0.15) is 51.0 Å². The van der Waals surface area contributed by atoms with Gasteiger partial charge in [-0.1, -0.05) is 44.4 Å². The fourth-order valence-corrected chi connectivity index (χ4v) is 3.17. The second-order valence-corrected chi connectivity index (χ2v) is 5.75. The second-order valence-electron chi connectivity index (χ2n) is 5.75. The number of halogens is 1. The molecule has 19 heavy (non-hydrogen) atoms. The van der Waals surface area contributed by atoms with Gasteiger partial charge in [0.2, 0.25) is 0 Å². The van der Waals surface area contributed by atoms with Crippen molar-refractivity contribution in [3.63, 3.8) is 0 Å². The summed E-state index contributed by atoms with van der Waals surface area (Å²) < 4.78 is 13.8. The topological polar surface area (TPSA) is 12.0 Å². The van der Waals surface area contributed by atoms with Gasteiger partial charge >= 0.3 is 0 Å². The Morgan fingerprint density at radius 2 is 1.95 bits per heavy atom. The molecule has 1 aromatic rings. The van der Waals surface area contributed by atoms with Crippen molar-refractivity contribution in [2.24, 2.45) is 5.92 Å². The van der Waals surface area contributed by atoms with Crippen LogP contribution in [0.4, 0.5) is 4.39 Å². The molecule has 1 aromatic carbocycles. The zero-order chi connectivity index (χ0) is 13.5. The van der Waals surface area contributed by atoms with Gasteiger partial charge in [-0.05, 0) is 49.8 Å². The predicted molar refractivity (Wildman–Crippen MR) is 78.8 cm³/mol. The van der Waals surface area contributed by atoms with Crippen LogP contribution in [0.2, 0.25) is 0 Å². The first kappa shape index (κ1) is 14.5. The van der Waals surface area contributed by atoms with Crippen molar-refractivity contribution in [2.75, 3.05) is 6.54 Å². The summed E-state index contributed by atoms with van der Waals surface area (Å²) in [5.41, 5.74) is 0.887. The highest BCUT2D eigenvalue weighted by molar-refractivity contribution is 5.18. The van der Waals surface area contributed by atoms with E-state index in [0.29, 0.717) is 12.0 Å². The molecule has 0 radical (unpaired) electrons. The lowest BCUT2D eigenvalue weighted by atomic mass is 9.88. The number of hydrogen-bond acceptors (Lipinski definition) is 1. The molecule has 1 aliphatic carbocycles. The van der Waals surface area contributed by atoms with Gasteiger partial charge < -0.3 is 5.32 Å². The average molecular weight is 263 g/mol. The van der Waals surface area contributed by atoms with Crippen molar-refractivity contribution in [2.45, 2.75) is 57.9 Å². The molecule has 0 aliphatic heterocycles. The number of hydrogen-bond donors (Lipinski definition) is 1. The summed E-state index contributed by atoms with van der Waals surface area (Å²) in [4.78, 5) is 0. The van der Waals surface area contributed by atoms with Crippen molar-refractivity contribution < 1.29 is 4.39 Å². The Labute approximate surface area is 116 Å². The van der Waals surface area contributed by atoms with E-state index in [0.717, 1.165) is 18.5 Å². The average Bonchev–Trinajstić information content (AvgIpc) is 2.64. The van der Waals surface area contributed by atoms with Crippen LogP contribution in [0.15, 0.2) is 24.3 Å². The van der Waals surface area contributed by atoms with Gasteiger partial charge in [-0.2, -0.15) is 0 Å². The van der Waals surface area contributed by atoms with Gasteiger partial charge in [-0.15, -0.1) is 0 Å². The third-order valence-corrected chi connectivity index (χ3v) is 4.26. The molecular formula is C17H26FN. The molecule has 2 unspecified atom stereocenters. The summed E-state index contributed by atoms with van der Waals surface area (Å²) in [5.74, 6) is 0.548. The van der Waals surface area contributed by atoms with Crippen LogP contribution < -0.4 is 5.32 Å². The van der Waals surface area contributed by atoms with Gasteiger partial charge in [-0.3, -0.25) is 0 Å². The molecule has 1 N–H and O–H groups in total. The van der Waals surface area contributed by atoms with Gasteiger partial charge in [0.25, 0.3) is 0 Å². The van der Waals surface area contributed by atoms with Crippen LogP contribution in [0.3, 0.4) is 0 Å². The van der Waals surface area contributed by atoms with E-state index in [4.69, 9.17) is 0 Å². The van der Waals surface area contributed by atoms with Gasteiger partial charge in [-0.25, -0.2) is 4.39 Å². The van der Waals surface area contributed by atoms with Crippen molar-refractivity contribution >= 4 is 0 Å². The molecule has 2 atom stereocenters. The van der Waals surface area contributed by atoms with E-state index < -0.39 is 0 Å². The van der Waals surface area contributed by atoms with E-state index in [2.05, 4.69) is 12.2 Å². The Balaban J connectivity index is 2.03. The maximum Gasteiger partial charge on any atom is 0.126 e. The largest absolute Gasteiger partial charge is 0.314 e. The molecule has 0 heterocycles. The zero-order valence-corrected chi connectivity index (χ0v) is 12.0. The second kappa shape index (κ2) is 7.64. The Bertz CT molecular complexity index is 377. The Morgan fingerprint density at radius 3 is 2.74 bits per heavy atom. The standard InChI is InChI=1S/C17H26FN/c1-2-12-19-17-11-5-3-4-9-15(17)13-14-8-6-7-10-16(14)18/h6-8,10,15,17,19H,2-5,9,11-13H2,1H3. The molecule has 2 heteroatoms. The fourth-order valence-electron chi connectivity index (χ4n) is 3.17. The van der Waals surface area contributed by atoms with Crippen molar-refractivity contribution in [1.29, 1.82) is 0 Å². The van der Waals surface area contributed by atoms with Crippen LogP contribution >= 0.6 is 0 Å². The smallest absolute Gasteiger partial charge is 0.126 e. The molecule has 0 saturated heterocycles. The Morgan fingerprint density at radius 1 is 1.16 bits per heavy atom. The van der Waals surface area contributed by atoms with E-state index >= 15 is 0 Å². The lowest BCUT2D eigenvalue weighted by Gasteiger charge is -2.26. The monoisotopic (exact) mass is 263 g/mol. The lowest BCUT2D eigenvalue weighted by molar-refractivity contribution is 0.329. The van der Waals surface area contributed by atoms with E-state index in [-0.39, 0.29) is 5.82 Å². The summed E-state index contributed by atoms with van der Waals surface area (Å²) in [6.45, 7) is 3.29. The summed E-state index contributed by atoms with van der Waals surface area (Å²) in [7, 11) is 0.